The molecule has 0 aliphatic heterocycles. The summed E-state index contributed by atoms with van der Waals surface area (Å²) >= 11 is 5.50. The van der Waals surface area contributed by atoms with Crippen molar-refractivity contribution in [2.24, 2.45) is 10.9 Å². The quantitative estimate of drug-likeness (QED) is 0.398. The molecule has 0 bridgehead atoms. The van der Waals surface area contributed by atoms with Gasteiger partial charge in [-0.3, -0.25) is 0 Å². The SMILES string of the molecule is N/N=C/c1cc(Cl)cc(F)c1O. The minimum absolute atomic E-state index is 0.155. The van der Waals surface area contributed by atoms with E-state index in [9.17, 15) is 4.39 Å². The summed E-state index contributed by atoms with van der Waals surface area (Å²) in [6.45, 7) is 0. The fraction of sp³-hybridized carbons (Fsp3) is 0. The summed E-state index contributed by atoms with van der Waals surface area (Å²) in [6.07, 6.45) is 1.12. The third-order valence-electron chi connectivity index (χ3n) is 1.27. The predicted molar refractivity (Wildman–Crippen MR) is 44.9 cm³/mol. The summed E-state index contributed by atoms with van der Waals surface area (Å²) in [4.78, 5) is 0. The Morgan fingerprint density at radius 2 is 2.25 bits per heavy atom. The topological polar surface area (TPSA) is 58.6 Å². The van der Waals surface area contributed by atoms with Crippen LogP contribution in [0.5, 0.6) is 5.75 Å². The lowest BCUT2D eigenvalue weighted by atomic mass is 10.2. The van der Waals surface area contributed by atoms with Gasteiger partial charge in [0, 0.05) is 10.6 Å². The molecule has 0 saturated heterocycles. The third kappa shape index (κ3) is 1.65. The molecule has 1 rings (SSSR count). The highest BCUT2D eigenvalue weighted by atomic mass is 35.5. The largest absolute Gasteiger partial charge is 0.504 e. The minimum Gasteiger partial charge on any atom is -0.504 e. The number of aromatic hydroxyl groups is 1. The molecule has 3 nitrogen and oxygen atoms in total. The molecule has 64 valence electrons. The van der Waals surface area contributed by atoms with Crippen LogP contribution in [-0.2, 0) is 0 Å². The second kappa shape index (κ2) is 3.40. The average molecular weight is 189 g/mol. The number of benzene rings is 1. The summed E-state index contributed by atoms with van der Waals surface area (Å²) in [5, 5.41) is 12.4. The molecule has 1 aromatic carbocycles. The van der Waals surface area contributed by atoms with E-state index in [1.165, 1.54) is 6.07 Å². The number of rotatable bonds is 1. The number of hydrazone groups is 1. The highest BCUT2D eigenvalue weighted by molar-refractivity contribution is 6.30. The molecule has 0 amide bonds. The van der Waals surface area contributed by atoms with Crippen LogP contribution in [0, 0.1) is 5.82 Å². The number of hydrogen-bond acceptors (Lipinski definition) is 3. The second-order valence-corrected chi connectivity index (χ2v) is 2.54. The number of phenols is 1. The molecule has 0 saturated carbocycles. The number of hydrogen-bond donors (Lipinski definition) is 2. The Morgan fingerprint density at radius 1 is 1.58 bits per heavy atom. The summed E-state index contributed by atoms with van der Waals surface area (Å²) in [6, 6.07) is 2.36. The number of nitrogens with zero attached hydrogens (tertiary/aromatic N) is 1. The zero-order valence-corrected chi connectivity index (χ0v) is 6.72. The molecule has 0 aliphatic rings. The van der Waals surface area contributed by atoms with Crippen LogP contribution in [0.2, 0.25) is 5.02 Å². The molecule has 0 radical (unpaired) electrons. The molecule has 0 aliphatic carbocycles. The van der Waals surface area contributed by atoms with E-state index in [4.69, 9.17) is 22.6 Å². The maximum atomic E-state index is 12.7. The Morgan fingerprint density at radius 3 is 2.83 bits per heavy atom. The zero-order valence-electron chi connectivity index (χ0n) is 5.96. The smallest absolute Gasteiger partial charge is 0.166 e. The van der Waals surface area contributed by atoms with E-state index < -0.39 is 11.6 Å². The van der Waals surface area contributed by atoms with Crippen LogP contribution in [0.25, 0.3) is 0 Å². The van der Waals surface area contributed by atoms with Gasteiger partial charge in [0.25, 0.3) is 0 Å². The Kier molecular flexibility index (Phi) is 2.50. The van der Waals surface area contributed by atoms with Crippen molar-refractivity contribution < 1.29 is 9.50 Å². The van der Waals surface area contributed by atoms with E-state index in [0.717, 1.165) is 12.3 Å². The number of phenolic OH excluding ortho intramolecular Hbond substituents is 1. The van der Waals surface area contributed by atoms with Gasteiger partial charge in [0.1, 0.15) is 0 Å². The van der Waals surface area contributed by atoms with Crippen LogP contribution in [0.15, 0.2) is 17.2 Å². The first-order valence-electron chi connectivity index (χ1n) is 3.06. The van der Waals surface area contributed by atoms with Gasteiger partial charge < -0.3 is 10.9 Å². The van der Waals surface area contributed by atoms with Crippen molar-refractivity contribution in [1.82, 2.24) is 0 Å². The molecular formula is C7H6ClFN2O. The highest BCUT2D eigenvalue weighted by Crippen LogP contribution is 2.23. The van der Waals surface area contributed by atoms with Gasteiger partial charge in [0.2, 0.25) is 0 Å². The van der Waals surface area contributed by atoms with Crippen LogP contribution in [0.3, 0.4) is 0 Å². The summed E-state index contributed by atoms with van der Waals surface area (Å²) in [5.41, 5.74) is 0.155. The number of halogens is 2. The summed E-state index contributed by atoms with van der Waals surface area (Å²) < 4.78 is 12.7. The first-order chi connectivity index (χ1) is 5.65. The average Bonchev–Trinajstić information content (AvgIpc) is 2.00. The van der Waals surface area contributed by atoms with E-state index >= 15 is 0 Å². The first kappa shape index (κ1) is 8.80. The minimum atomic E-state index is -0.794. The third-order valence-corrected chi connectivity index (χ3v) is 1.49. The summed E-state index contributed by atoms with van der Waals surface area (Å²) in [5.74, 6) is 3.52. The van der Waals surface area contributed by atoms with E-state index in [0.29, 0.717) is 0 Å². The van der Waals surface area contributed by atoms with Crippen molar-refractivity contribution in [2.45, 2.75) is 0 Å². The standard InChI is InChI=1S/C7H6ClFN2O/c8-5-1-4(3-11-10)7(12)6(9)2-5/h1-3,12H,10H2/b11-3+. The monoisotopic (exact) mass is 188 g/mol. The van der Waals surface area contributed by atoms with Crippen molar-refractivity contribution in [2.75, 3.05) is 0 Å². The van der Waals surface area contributed by atoms with E-state index in [2.05, 4.69) is 5.10 Å². The van der Waals surface area contributed by atoms with E-state index in [1.54, 1.807) is 0 Å². The molecule has 0 unspecified atom stereocenters. The van der Waals surface area contributed by atoms with Crippen LogP contribution < -0.4 is 5.84 Å². The second-order valence-electron chi connectivity index (χ2n) is 2.10. The molecule has 3 N–H and O–H groups in total. The molecule has 0 spiro atoms. The molecular weight excluding hydrogens is 183 g/mol. The molecule has 0 fully saturated rings. The van der Waals surface area contributed by atoms with Crippen molar-refractivity contribution in [3.8, 4) is 5.75 Å². The molecule has 0 aromatic heterocycles. The normalized spacial score (nSPS) is 10.8. The van der Waals surface area contributed by atoms with Gasteiger partial charge in [-0.05, 0) is 12.1 Å². The van der Waals surface area contributed by atoms with Gasteiger partial charge in [0.15, 0.2) is 11.6 Å². The lowest BCUT2D eigenvalue weighted by Crippen LogP contribution is -1.89. The fourth-order valence-electron chi connectivity index (χ4n) is 0.765. The van der Waals surface area contributed by atoms with Gasteiger partial charge >= 0.3 is 0 Å². The molecule has 1 aromatic rings. The predicted octanol–water partition coefficient (Wildman–Crippen LogP) is 1.48. The van der Waals surface area contributed by atoms with Crippen LogP contribution >= 0.6 is 11.6 Å². The first-order valence-corrected chi connectivity index (χ1v) is 3.44. The van der Waals surface area contributed by atoms with Crippen molar-refractivity contribution in [3.05, 3.63) is 28.5 Å². The molecule has 0 atom stereocenters. The maximum Gasteiger partial charge on any atom is 0.166 e. The Hall–Kier alpha value is -1.29. The summed E-state index contributed by atoms with van der Waals surface area (Å²) in [7, 11) is 0. The highest BCUT2D eigenvalue weighted by Gasteiger charge is 2.06. The molecule has 12 heavy (non-hydrogen) atoms. The van der Waals surface area contributed by atoms with Crippen LogP contribution in [0.4, 0.5) is 4.39 Å². The van der Waals surface area contributed by atoms with E-state index in [1.807, 2.05) is 0 Å². The fourth-order valence-corrected chi connectivity index (χ4v) is 0.978. The molecule has 5 heteroatoms. The molecule has 0 heterocycles. The Balaban J connectivity index is 3.27. The maximum absolute atomic E-state index is 12.7. The lowest BCUT2D eigenvalue weighted by molar-refractivity contribution is 0.431. The van der Waals surface area contributed by atoms with Crippen LogP contribution in [-0.4, -0.2) is 11.3 Å². The van der Waals surface area contributed by atoms with Crippen LogP contribution in [0.1, 0.15) is 5.56 Å². The van der Waals surface area contributed by atoms with Gasteiger partial charge in [-0.15, -0.1) is 0 Å². The zero-order chi connectivity index (χ0) is 9.14. The number of nitrogens with two attached hydrogens (primary N) is 1. The van der Waals surface area contributed by atoms with Crippen molar-refractivity contribution in [1.29, 1.82) is 0 Å². The van der Waals surface area contributed by atoms with Crippen molar-refractivity contribution >= 4 is 17.8 Å². The van der Waals surface area contributed by atoms with Gasteiger partial charge in [0.05, 0.1) is 6.21 Å². The van der Waals surface area contributed by atoms with Gasteiger partial charge in [-0.2, -0.15) is 5.10 Å². The Labute approximate surface area is 73.3 Å². The van der Waals surface area contributed by atoms with E-state index in [-0.39, 0.29) is 10.6 Å². The van der Waals surface area contributed by atoms with Crippen molar-refractivity contribution in [3.63, 3.8) is 0 Å². The lowest BCUT2D eigenvalue weighted by Gasteiger charge is -1.99. The Bertz CT molecular complexity index is 327. The van der Waals surface area contributed by atoms with Gasteiger partial charge in [-0.25, -0.2) is 4.39 Å². The van der Waals surface area contributed by atoms with Gasteiger partial charge in [-0.1, -0.05) is 11.6 Å².